The van der Waals surface area contributed by atoms with Gasteiger partial charge in [-0.3, -0.25) is 34.4 Å². The molecule has 0 spiro atoms. The van der Waals surface area contributed by atoms with E-state index in [-0.39, 0.29) is 59.1 Å². The summed E-state index contributed by atoms with van der Waals surface area (Å²) in [7, 11) is -3.83. The quantitative estimate of drug-likeness (QED) is 0.0935. The fraction of sp³-hybridized carbons (Fsp3) is 0.500. The highest BCUT2D eigenvalue weighted by Crippen LogP contribution is 2.41. The van der Waals surface area contributed by atoms with Crippen LogP contribution in [0.5, 0.6) is 5.75 Å². The van der Waals surface area contributed by atoms with Crippen LogP contribution in [0.3, 0.4) is 0 Å². The Labute approximate surface area is 485 Å². The van der Waals surface area contributed by atoms with Crippen molar-refractivity contribution in [1.82, 2.24) is 54.6 Å². The van der Waals surface area contributed by atoms with Gasteiger partial charge in [-0.25, -0.2) is 32.6 Å². The fourth-order valence-corrected chi connectivity index (χ4v) is 12.7. The second kappa shape index (κ2) is 24.1. The number of nitrogens with one attached hydrogen (secondary N) is 2. The molecule has 2 aromatic carbocycles. The first-order valence-corrected chi connectivity index (χ1v) is 30.1. The van der Waals surface area contributed by atoms with E-state index in [1.165, 1.54) is 18.5 Å². The Morgan fingerprint density at radius 2 is 1.59 bits per heavy atom. The van der Waals surface area contributed by atoms with E-state index in [4.69, 9.17) is 19.4 Å². The molecule has 3 fully saturated rings. The number of hydrogen-bond donors (Lipinski definition) is 2. The summed E-state index contributed by atoms with van der Waals surface area (Å²) in [5, 5.41) is 11.1. The van der Waals surface area contributed by atoms with Crippen LogP contribution in [0.25, 0.3) is 10.9 Å². The molecule has 0 saturated carbocycles. The molecule has 0 aliphatic carbocycles. The number of anilines is 4. The number of hydrogen-bond acceptors (Lipinski definition) is 17. The van der Waals surface area contributed by atoms with Crippen LogP contribution in [-0.4, -0.2) is 196 Å². The highest BCUT2D eigenvalue weighted by Gasteiger charge is 2.41. The van der Waals surface area contributed by atoms with Gasteiger partial charge in [-0.2, -0.15) is 5.10 Å². The van der Waals surface area contributed by atoms with Crippen LogP contribution in [0, 0.1) is 19.7 Å². The maximum atomic E-state index is 14.0. The van der Waals surface area contributed by atoms with Gasteiger partial charge in [0.1, 0.15) is 41.2 Å². The van der Waals surface area contributed by atoms with Crippen molar-refractivity contribution in [3.05, 3.63) is 113 Å². The van der Waals surface area contributed by atoms with Crippen LogP contribution in [-0.2, 0) is 31.2 Å². The van der Waals surface area contributed by atoms with Crippen LogP contribution in [0.4, 0.5) is 32.3 Å². The van der Waals surface area contributed by atoms with Crippen molar-refractivity contribution in [3.8, 4) is 5.75 Å². The largest absolute Gasteiger partial charge is 0.492 e. The molecule has 4 aromatic heterocycles. The predicted octanol–water partition coefficient (Wildman–Crippen LogP) is 6.97. The van der Waals surface area contributed by atoms with Crippen molar-refractivity contribution < 1.29 is 36.7 Å². The molecule has 8 heterocycles. The van der Waals surface area contributed by atoms with Gasteiger partial charge in [0.15, 0.2) is 15.7 Å². The Morgan fingerprint density at radius 3 is 2.28 bits per heavy atom. The van der Waals surface area contributed by atoms with Crippen molar-refractivity contribution in [2.75, 3.05) is 114 Å². The Morgan fingerprint density at radius 1 is 0.831 bits per heavy atom. The van der Waals surface area contributed by atoms with Gasteiger partial charge in [-0.15, -0.1) is 0 Å². The summed E-state index contributed by atoms with van der Waals surface area (Å²) in [4.78, 5) is 73.8. The number of amides is 3. The van der Waals surface area contributed by atoms with Crippen molar-refractivity contribution in [2.45, 2.75) is 102 Å². The highest BCUT2D eigenvalue weighted by molar-refractivity contribution is 7.92. The van der Waals surface area contributed by atoms with Gasteiger partial charge in [0.05, 0.1) is 40.4 Å². The van der Waals surface area contributed by atoms with Gasteiger partial charge in [0.25, 0.3) is 5.91 Å². The SMILES string of the molecule is Cc1[nH]nc(Nc2ncnc3cc(OCCCN4CCN(c5ccc(C(=O)N6CCN(COC(=O)N7CCN(CC(=O)N8CC(C)(C)c9ncc(Cc%10ccc(F)cc%10)cc98)CC7C)[C@H](C)C6)cn5)CC4)c(S(=O)(=O)C(C)(C)C)cc23)c1C. The molecule has 2 N–H and O–H groups in total. The number of sulfone groups is 1. The van der Waals surface area contributed by atoms with E-state index in [1.807, 2.05) is 61.9 Å². The van der Waals surface area contributed by atoms with Gasteiger partial charge in [-0.1, -0.05) is 26.0 Å². The smallest absolute Gasteiger partial charge is 0.411 e. The van der Waals surface area contributed by atoms with E-state index in [2.05, 4.69) is 58.9 Å². The fourth-order valence-electron chi connectivity index (χ4n) is 11.3. The van der Waals surface area contributed by atoms with E-state index in [0.717, 1.165) is 72.3 Å². The number of rotatable bonds is 16. The van der Waals surface area contributed by atoms with E-state index in [1.54, 1.807) is 56.1 Å². The zero-order valence-electron chi connectivity index (χ0n) is 49.1. The van der Waals surface area contributed by atoms with E-state index in [9.17, 15) is 27.2 Å². The molecular weight excluding hydrogens is 1080 g/mol. The summed E-state index contributed by atoms with van der Waals surface area (Å²) in [6.45, 7) is 25.0. The zero-order valence-corrected chi connectivity index (χ0v) is 49.9. The molecule has 442 valence electrons. The number of aromatic nitrogens is 6. The second-order valence-electron chi connectivity index (χ2n) is 24.1. The molecule has 10 rings (SSSR count). The van der Waals surface area contributed by atoms with Crippen LogP contribution in [0.1, 0.15) is 93.3 Å². The molecule has 0 radical (unpaired) electrons. The Kier molecular flexibility index (Phi) is 17.1. The topological polar surface area (TPSA) is 219 Å². The lowest BCUT2D eigenvalue weighted by Crippen LogP contribution is -2.57. The number of halogens is 1. The van der Waals surface area contributed by atoms with Crippen LogP contribution < -0.4 is 19.9 Å². The van der Waals surface area contributed by atoms with Crippen LogP contribution in [0.15, 0.2) is 78.2 Å². The third kappa shape index (κ3) is 12.9. The summed E-state index contributed by atoms with van der Waals surface area (Å²) >= 11 is 0. The first kappa shape index (κ1) is 58.8. The molecular formula is C60H77FN14O7S. The third-order valence-corrected chi connectivity index (χ3v) is 19.1. The maximum Gasteiger partial charge on any atom is 0.411 e. The summed E-state index contributed by atoms with van der Waals surface area (Å²) in [5.41, 5.74) is 6.18. The molecule has 0 bridgehead atoms. The molecule has 21 nitrogen and oxygen atoms in total. The van der Waals surface area contributed by atoms with E-state index < -0.39 is 20.7 Å². The molecule has 83 heavy (non-hydrogen) atoms. The molecule has 23 heteroatoms. The number of benzene rings is 2. The Balaban J connectivity index is 0.645. The monoisotopic (exact) mass is 1160 g/mol. The zero-order chi connectivity index (χ0) is 59.0. The number of H-pyrrole nitrogens is 1. The molecule has 4 aliphatic heterocycles. The number of fused-ring (bicyclic) bond motifs is 2. The van der Waals surface area contributed by atoms with Crippen molar-refractivity contribution in [1.29, 1.82) is 0 Å². The minimum atomic E-state index is -3.83. The van der Waals surface area contributed by atoms with Gasteiger partial charge in [0.2, 0.25) is 5.91 Å². The number of aryl methyl sites for hydroxylation is 1. The minimum Gasteiger partial charge on any atom is -0.492 e. The van der Waals surface area contributed by atoms with E-state index >= 15 is 0 Å². The molecule has 2 atom stereocenters. The summed E-state index contributed by atoms with van der Waals surface area (Å²) in [5.74, 6) is 1.71. The normalized spacial score (nSPS) is 19.1. The second-order valence-corrected chi connectivity index (χ2v) is 26.8. The minimum absolute atomic E-state index is 0.0186. The lowest BCUT2D eigenvalue weighted by Gasteiger charge is -2.41. The number of pyridine rings is 2. The lowest BCUT2D eigenvalue weighted by atomic mass is 9.91. The highest BCUT2D eigenvalue weighted by atomic mass is 32.2. The van der Waals surface area contributed by atoms with Crippen molar-refractivity contribution in [3.63, 3.8) is 0 Å². The summed E-state index contributed by atoms with van der Waals surface area (Å²) < 4.78 is 52.6. The molecule has 1 unspecified atom stereocenters. The first-order chi connectivity index (χ1) is 39.5. The number of carbonyl (C=O) groups excluding carboxylic acids is 3. The first-order valence-electron chi connectivity index (χ1n) is 28.6. The average molecular weight is 1160 g/mol. The third-order valence-electron chi connectivity index (χ3n) is 16.6. The molecule has 6 aromatic rings. The summed E-state index contributed by atoms with van der Waals surface area (Å²) in [6, 6.07) is 15.3. The average Bonchev–Trinajstić information content (AvgIpc) is 3.14. The molecule has 3 amide bonds. The number of aromatic amines is 1. The summed E-state index contributed by atoms with van der Waals surface area (Å²) in [6.07, 6.45) is 5.79. The van der Waals surface area contributed by atoms with Crippen LogP contribution in [0.2, 0.25) is 0 Å². The van der Waals surface area contributed by atoms with Gasteiger partial charge >= 0.3 is 6.09 Å². The number of ether oxygens (including phenoxy) is 2. The van der Waals surface area contributed by atoms with Gasteiger partial charge in [-0.05, 0) is 109 Å². The molecule has 3 saturated heterocycles. The number of nitrogens with zero attached hydrogens (tertiary/aromatic N) is 12. The van der Waals surface area contributed by atoms with Crippen molar-refractivity contribution >= 4 is 61.8 Å². The van der Waals surface area contributed by atoms with Gasteiger partial charge in [0, 0.05) is 131 Å². The van der Waals surface area contributed by atoms with E-state index in [0.29, 0.717) is 93.4 Å². The number of piperazine rings is 3. The standard InChI is InChI=1S/C60H77FN14O7S/c1-39-34-72(23-24-73(39)38-82-58(78)74-25-20-70(33-40(74)2)35-53(76)75-36-60(8,9)54-49(75)28-44(31-63-54)27-43-11-14-46(61)15-12-43)57(77)45-13-16-52(62-32-45)71-21-18-69(19-22-71)17-10-26-81-50-30-48-47(29-51(50)83(79,80)59(5,6)7)56(65-37-64-48)66-55-41(3)42(4)67-68-55/h11-16,28-32,37,39-40H,10,17-27,33-36,38H2,1-9H3,(H2,64,65,66,67,68)/t39-,40?/m1/s1. The Bertz CT molecular complexity index is 3460. The predicted molar refractivity (Wildman–Crippen MR) is 316 cm³/mol. The lowest BCUT2D eigenvalue weighted by molar-refractivity contribution is -0.120. The maximum absolute atomic E-state index is 14.0. The Hall–Kier alpha value is -7.34. The van der Waals surface area contributed by atoms with Gasteiger partial charge < -0.3 is 34.4 Å². The number of carbonyl (C=O) groups is 3. The van der Waals surface area contributed by atoms with Crippen molar-refractivity contribution in [2.24, 2.45) is 0 Å². The molecule has 4 aliphatic rings. The van der Waals surface area contributed by atoms with Crippen LogP contribution >= 0.6 is 0 Å².